The molecule has 11 nitrogen and oxygen atoms in total. The molecule has 1 unspecified atom stereocenters. The van der Waals surface area contributed by atoms with Gasteiger partial charge in [0, 0.05) is 38.2 Å². The van der Waals surface area contributed by atoms with Gasteiger partial charge >= 0.3 is 6.61 Å². The Balaban J connectivity index is 1.26. The number of carbonyl (C=O) groups excluding carboxylic acids is 1. The molecule has 3 aromatic heterocycles. The molecule has 2 aromatic carbocycles. The lowest BCUT2D eigenvalue weighted by molar-refractivity contribution is -0.0494. The number of likely N-dealkylation sites (tertiary alicyclic amines) is 1. The average Bonchev–Trinajstić information content (AvgIpc) is 3.73. The zero-order chi connectivity index (χ0) is 29.9. The third kappa shape index (κ3) is 6.17. The minimum Gasteiger partial charge on any atom is -0.457 e. The van der Waals surface area contributed by atoms with Crippen LogP contribution in [-0.4, -0.2) is 66.1 Å². The molecule has 1 amide bonds. The van der Waals surface area contributed by atoms with Crippen LogP contribution in [0.15, 0.2) is 73.3 Å². The fourth-order valence-corrected chi connectivity index (χ4v) is 5.26. The molecule has 1 fully saturated rings. The monoisotopic (exact) mass is 589 g/mol. The number of hydrogen-bond donors (Lipinski definition) is 2. The van der Waals surface area contributed by atoms with Crippen molar-refractivity contribution in [1.29, 1.82) is 0 Å². The number of alkyl halides is 2. The highest BCUT2D eigenvalue weighted by Gasteiger charge is 2.24. The van der Waals surface area contributed by atoms with Crippen molar-refractivity contribution in [2.24, 2.45) is 7.05 Å². The summed E-state index contributed by atoms with van der Waals surface area (Å²) in [5.41, 5.74) is 2.36. The molecule has 0 aliphatic carbocycles. The normalized spacial score (nSPS) is 15.3. The van der Waals surface area contributed by atoms with E-state index in [1.54, 1.807) is 31.7 Å². The Bertz CT molecular complexity index is 1740. The highest BCUT2D eigenvalue weighted by molar-refractivity contribution is 6.09. The predicted octanol–water partition coefficient (Wildman–Crippen LogP) is 4.73. The minimum absolute atomic E-state index is 0.131. The molecular formula is C30H29F2N7O4. The number of nitrogens with zero attached hydrogens (tertiary/aromatic N) is 6. The van der Waals surface area contributed by atoms with E-state index < -0.39 is 12.5 Å². The van der Waals surface area contributed by atoms with Crippen molar-refractivity contribution in [3.8, 4) is 28.5 Å². The summed E-state index contributed by atoms with van der Waals surface area (Å²) >= 11 is 0. The number of benzene rings is 2. The van der Waals surface area contributed by atoms with E-state index in [2.05, 4.69) is 25.4 Å². The van der Waals surface area contributed by atoms with Gasteiger partial charge in [-0.15, -0.1) is 0 Å². The summed E-state index contributed by atoms with van der Waals surface area (Å²) in [5, 5.41) is 21.0. The number of aryl methyl sites for hydroxylation is 1. The number of nitrogens with one attached hydrogen (secondary N) is 1. The fourth-order valence-electron chi connectivity index (χ4n) is 5.26. The SMILES string of the molecule is Cn1cc(NC(=O)c2cnn3cccnc23)c(-c2cc(Oc3ccc(CN4CCCC4CO)cc3)ccc2OC(F)F)n1. The van der Waals surface area contributed by atoms with Crippen molar-refractivity contribution >= 4 is 17.2 Å². The van der Waals surface area contributed by atoms with Crippen LogP contribution in [0.25, 0.3) is 16.9 Å². The topological polar surface area (TPSA) is 119 Å². The van der Waals surface area contributed by atoms with E-state index >= 15 is 0 Å². The molecule has 43 heavy (non-hydrogen) atoms. The molecule has 0 spiro atoms. The van der Waals surface area contributed by atoms with Crippen molar-refractivity contribution in [2.75, 3.05) is 18.5 Å². The first-order valence-electron chi connectivity index (χ1n) is 13.7. The maximum atomic E-state index is 13.4. The Morgan fingerprint density at radius 1 is 1.19 bits per heavy atom. The number of aromatic nitrogens is 5. The fraction of sp³-hybridized carbons (Fsp3) is 0.267. The van der Waals surface area contributed by atoms with Gasteiger partial charge in [-0.25, -0.2) is 9.50 Å². The summed E-state index contributed by atoms with van der Waals surface area (Å²) in [6.07, 6.45) is 8.24. The highest BCUT2D eigenvalue weighted by Crippen LogP contribution is 2.39. The minimum atomic E-state index is -3.08. The molecule has 1 atom stereocenters. The Kier molecular flexibility index (Phi) is 7.99. The first-order valence-corrected chi connectivity index (χ1v) is 13.7. The molecular weight excluding hydrogens is 560 g/mol. The number of hydrogen-bond acceptors (Lipinski definition) is 8. The molecule has 1 saturated heterocycles. The van der Waals surface area contributed by atoms with Gasteiger partial charge in [0.1, 0.15) is 28.5 Å². The maximum absolute atomic E-state index is 13.4. The molecule has 2 N–H and O–H groups in total. The molecule has 1 aliphatic rings. The van der Waals surface area contributed by atoms with Crippen molar-refractivity contribution in [3.05, 3.63) is 84.4 Å². The second-order valence-electron chi connectivity index (χ2n) is 10.2. The number of rotatable bonds is 10. The molecule has 222 valence electrons. The van der Waals surface area contributed by atoms with Crippen LogP contribution < -0.4 is 14.8 Å². The molecule has 0 saturated carbocycles. The van der Waals surface area contributed by atoms with E-state index in [1.807, 2.05) is 24.3 Å². The van der Waals surface area contributed by atoms with E-state index in [-0.39, 0.29) is 40.9 Å². The molecule has 4 heterocycles. The highest BCUT2D eigenvalue weighted by atomic mass is 19.3. The summed E-state index contributed by atoms with van der Waals surface area (Å²) in [6, 6.07) is 13.9. The predicted molar refractivity (Wildman–Crippen MR) is 153 cm³/mol. The van der Waals surface area contributed by atoms with Crippen LogP contribution in [-0.2, 0) is 13.6 Å². The summed E-state index contributed by atoms with van der Waals surface area (Å²) < 4.78 is 40.5. The van der Waals surface area contributed by atoms with E-state index in [1.165, 1.54) is 33.6 Å². The number of ether oxygens (including phenoxy) is 2. The van der Waals surface area contributed by atoms with Crippen molar-refractivity contribution in [3.63, 3.8) is 0 Å². The first kappa shape index (κ1) is 28.2. The van der Waals surface area contributed by atoms with Crippen LogP contribution in [0.4, 0.5) is 14.5 Å². The lowest BCUT2D eigenvalue weighted by Crippen LogP contribution is -2.31. The Morgan fingerprint density at radius 3 is 2.79 bits per heavy atom. The van der Waals surface area contributed by atoms with Crippen LogP contribution in [0, 0.1) is 0 Å². The molecule has 0 bridgehead atoms. The standard InChI is InChI=1S/C30H29F2N7O4/c1-37-17-25(35-29(41)24-15-34-39-13-3-11-33-28(24)39)27(36-37)23-14-22(9-10-26(23)43-30(31)32)42-21-7-5-19(6-8-21)16-38-12-2-4-20(38)18-40/h3,5-11,13-15,17,20,30,40H,2,4,12,16,18H2,1H3,(H,35,41). The maximum Gasteiger partial charge on any atom is 0.387 e. The molecule has 5 aromatic rings. The van der Waals surface area contributed by atoms with Gasteiger partial charge in [0.05, 0.1) is 24.1 Å². The van der Waals surface area contributed by atoms with Gasteiger partial charge in [-0.2, -0.15) is 19.0 Å². The third-order valence-corrected chi connectivity index (χ3v) is 7.28. The number of amides is 1. The summed E-state index contributed by atoms with van der Waals surface area (Å²) in [7, 11) is 1.65. The van der Waals surface area contributed by atoms with Gasteiger partial charge in [0.2, 0.25) is 0 Å². The Hall–Kier alpha value is -4.88. The lowest BCUT2D eigenvalue weighted by Gasteiger charge is -2.22. The van der Waals surface area contributed by atoms with Gasteiger partial charge in [0.15, 0.2) is 5.65 Å². The molecule has 6 rings (SSSR count). The van der Waals surface area contributed by atoms with Crippen LogP contribution in [0.5, 0.6) is 17.2 Å². The summed E-state index contributed by atoms with van der Waals surface area (Å²) in [4.78, 5) is 19.7. The number of fused-ring (bicyclic) bond motifs is 1. The van der Waals surface area contributed by atoms with E-state index in [4.69, 9.17) is 9.47 Å². The van der Waals surface area contributed by atoms with Crippen LogP contribution in [0.3, 0.4) is 0 Å². The number of halogens is 2. The van der Waals surface area contributed by atoms with Gasteiger partial charge in [0.25, 0.3) is 5.91 Å². The first-order chi connectivity index (χ1) is 20.9. The quantitative estimate of drug-likeness (QED) is 0.240. The zero-order valence-electron chi connectivity index (χ0n) is 23.2. The van der Waals surface area contributed by atoms with Crippen molar-refractivity contribution < 1.29 is 28.2 Å². The van der Waals surface area contributed by atoms with Crippen molar-refractivity contribution in [2.45, 2.75) is 32.0 Å². The van der Waals surface area contributed by atoms with Crippen molar-refractivity contribution in [1.82, 2.24) is 29.3 Å². The Labute approximate surface area is 245 Å². The molecule has 1 aliphatic heterocycles. The third-order valence-electron chi connectivity index (χ3n) is 7.28. The lowest BCUT2D eigenvalue weighted by atomic mass is 10.1. The van der Waals surface area contributed by atoms with E-state index in [0.717, 1.165) is 31.5 Å². The van der Waals surface area contributed by atoms with Crippen LogP contribution >= 0.6 is 0 Å². The number of aliphatic hydroxyl groups excluding tert-OH is 1. The van der Waals surface area contributed by atoms with Crippen LogP contribution in [0.2, 0.25) is 0 Å². The van der Waals surface area contributed by atoms with E-state index in [0.29, 0.717) is 17.1 Å². The average molecular weight is 590 g/mol. The van der Waals surface area contributed by atoms with Gasteiger partial charge < -0.3 is 19.9 Å². The molecule has 13 heteroatoms. The number of anilines is 1. The zero-order valence-corrected chi connectivity index (χ0v) is 23.2. The second kappa shape index (κ2) is 12.2. The summed E-state index contributed by atoms with van der Waals surface area (Å²) in [5.74, 6) is 0.283. The Morgan fingerprint density at radius 2 is 2.00 bits per heavy atom. The second-order valence-corrected chi connectivity index (χ2v) is 10.2. The van der Waals surface area contributed by atoms with Gasteiger partial charge in [-0.1, -0.05) is 12.1 Å². The number of aliphatic hydroxyl groups is 1. The van der Waals surface area contributed by atoms with Crippen LogP contribution in [0.1, 0.15) is 28.8 Å². The smallest absolute Gasteiger partial charge is 0.387 e. The number of carbonyl (C=O) groups is 1. The van der Waals surface area contributed by atoms with E-state index in [9.17, 15) is 18.7 Å². The summed E-state index contributed by atoms with van der Waals surface area (Å²) in [6.45, 7) is -1.25. The van der Waals surface area contributed by atoms with Gasteiger partial charge in [-0.05, 0) is 61.3 Å². The molecule has 0 radical (unpaired) electrons. The largest absolute Gasteiger partial charge is 0.457 e. The van der Waals surface area contributed by atoms with Gasteiger partial charge in [-0.3, -0.25) is 14.4 Å².